The maximum Gasteiger partial charge on any atom is 0.409 e. The maximum absolute atomic E-state index is 12.1. The average Bonchev–Trinajstić information content (AvgIpc) is 3.30. The Morgan fingerprint density at radius 3 is 2.77 bits per heavy atom. The molecular formula is C28H33ClN4O5S. The summed E-state index contributed by atoms with van der Waals surface area (Å²) in [4.78, 5) is 30.0. The van der Waals surface area contributed by atoms with Gasteiger partial charge in [0.1, 0.15) is 18.5 Å². The second-order valence-electron chi connectivity index (χ2n) is 9.56. The number of carbonyl (C=O) groups is 2. The summed E-state index contributed by atoms with van der Waals surface area (Å²) in [5, 5.41) is 5.07. The van der Waals surface area contributed by atoms with Crippen LogP contribution in [-0.2, 0) is 9.47 Å². The number of rotatable bonds is 9. The summed E-state index contributed by atoms with van der Waals surface area (Å²) in [6, 6.07) is 13.6. The third-order valence-electron chi connectivity index (χ3n) is 6.85. The SMILES string of the molecule is CCOC(=O)N1CCC(Nc2cc(Cl)cc3c(SN4CCOC(COc5ccccc5)C4)c(C=O)[nH]c23)CC1. The first-order valence-corrected chi connectivity index (χ1v) is 14.4. The van der Waals surface area contributed by atoms with Gasteiger partial charge in [-0.1, -0.05) is 29.8 Å². The van der Waals surface area contributed by atoms with Crippen molar-refractivity contribution in [2.45, 2.75) is 36.8 Å². The van der Waals surface area contributed by atoms with E-state index in [9.17, 15) is 9.59 Å². The lowest BCUT2D eigenvalue weighted by Crippen LogP contribution is -2.42. The third kappa shape index (κ3) is 6.81. The van der Waals surface area contributed by atoms with Gasteiger partial charge < -0.3 is 29.4 Å². The molecule has 9 nitrogen and oxygen atoms in total. The highest BCUT2D eigenvalue weighted by Crippen LogP contribution is 2.39. The van der Waals surface area contributed by atoms with E-state index in [-0.39, 0.29) is 18.2 Å². The number of hydrogen-bond donors (Lipinski definition) is 2. The van der Waals surface area contributed by atoms with Gasteiger partial charge in [-0.2, -0.15) is 0 Å². The van der Waals surface area contributed by atoms with E-state index in [0.717, 1.165) is 52.9 Å². The van der Waals surface area contributed by atoms with E-state index < -0.39 is 0 Å². The number of piperidine rings is 1. The number of hydrogen-bond acceptors (Lipinski definition) is 8. The zero-order chi connectivity index (χ0) is 27.2. The van der Waals surface area contributed by atoms with Crippen molar-refractivity contribution in [3.63, 3.8) is 0 Å². The minimum absolute atomic E-state index is 0.0855. The van der Waals surface area contributed by atoms with Gasteiger partial charge in [0.15, 0.2) is 6.29 Å². The van der Waals surface area contributed by atoms with Crippen LogP contribution in [0.1, 0.15) is 30.3 Å². The Kier molecular flexibility index (Phi) is 9.18. The first-order chi connectivity index (χ1) is 19.0. The highest BCUT2D eigenvalue weighted by molar-refractivity contribution is 7.97. The van der Waals surface area contributed by atoms with Crippen LogP contribution in [0.4, 0.5) is 10.5 Å². The van der Waals surface area contributed by atoms with Crippen LogP contribution in [-0.4, -0.2) is 84.7 Å². The molecule has 2 aliphatic heterocycles. The highest BCUT2D eigenvalue weighted by Gasteiger charge is 2.27. The Labute approximate surface area is 237 Å². The van der Waals surface area contributed by atoms with Crippen molar-refractivity contribution < 1.29 is 23.8 Å². The Balaban J connectivity index is 1.27. The molecule has 2 N–H and O–H groups in total. The minimum atomic E-state index is -0.264. The number of fused-ring (bicyclic) bond motifs is 1. The molecular weight excluding hydrogens is 540 g/mol. The monoisotopic (exact) mass is 572 g/mol. The van der Waals surface area contributed by atoms with Gasteiger partial charge in [0, 0.05) is 42.6 Å². The number of likely N-dealkylation sites (tertiary alicyclic amines) is 1. The number of para-hydroxylation sites is 1. The molecule has 1 aromatic heterocycles. The van der Waals surface area contributed by atoms with E-state index >= 15 is 0 Å². The molecule has 1 unspecified atom stereocenters. The van der Waals surface area contributed by atoms with Gasteiger partial charge in [-0.3, -0.25) is 4.79 Å². The van der Waals surface area contributed by atoms with Crippen LogP contribution in [0.3, 0.4) is 0 Å². The Morgan fingerprint density at radius 1 is 1.23 bits per heavy atom. The summed E-state index contributed by atoms with van der Waals surface area (Å²) in [6.07, 6.45) is 2.08. The molecule has 2 saturated heterocycles. The standard InChI is InChI=1S/C28H33ClN4O5S/c1-2-36-28(35)32-10-8-20(9-11-32)30-24-15-19(29)14-23-26(24)31-25(17-34)27(23)39-33-12-13-37-22(16-33)18-38-21-6-4-3-5-7-21/h3-7,14-15,17,20,22,30-31H,2,8-13,16,18H2,1H3. The van der Waals surface area contributed by atoms with Gasteiger partial charge in [0.2, 0.25) is 0 Å². The fourth-order valence-corrected chi connectivity index (χ4v) is 6.24. The number of morpholine rings is 1. The van der Waals surface area contributed by atoms with Crippen LogP contribution in [0.25, 0.3) is 10.9 Å². The second kappa shape index (κ2) is 13.0. The summed E-state index contributed by atoms with van der Waals surface area (Å²) >= 11 is 8.10. The smallest absolute Gasteiger partial charge is 0.409 e. The van der Waals surface area contributed by atoms with Crippen LogP contribution in [0.5, 0.6) is 5.75 Å². The number of ether oxygens (including phenoxy) is 3. The predicted octanol–water partition coefficient (Wildman–Crippen LogP) is 5.45. The molecule has 0 radical (unpaired) electrons. The highest BCUT2D eigenvalue weighted by atomic mass is 35.5. The van der Waals surface area contributed by atoms with Crippen molar-refractivity contribution in [3.05, 3.63) is 53.2 Å². The van der Waals surface area contributed by atoms with Gasteiger partial charge in [0.05, 0.1) is 35.0 Å². The van der Waals surface area contributed by atoms with Crippen molar-refractivity contribution >= 4 is 52.5 Å². The number of anilines is 1. The second-order valence-corrected chi connectivity index (χ2v) is 11.1. The zero-order valence-electron chi connectivity index (χ0n) is 21.9. The van der Waals surface area contributed by atoms with E-state index in [1.54, 1.807) is 4.90 Å². The molecule has 1 atom stereocenters. The van der Waals surface area contributed by atoms with Gasteiger partial charge in [0.25, 0.3) is 0 Å². The normalized spacial score (nSPS) is 18.7. The van der Waals surface area contributed by atoms with Crippen LogP contribution in [0.15, 0.2) is 47.4 Å². The number of nitrogens with one attached hydrogen (secondary N) is 2. The summed E-state index contributed by atoms with van der Waals surface area (Å²) in [5.41, 5.74) is 2.20. The molecule has 3 heterocycles. The third-order valence-corrected chi connectivity index (χ3v) is 8.28. The first-order valence-electron chi connectivity index (χ1n) is 13.2. The average molecular weight is 573 g/mol. The largest absolute Gasteiger partial charge is 0.491 e. The minimum Gasteiger partial charge on any atom is -0.491 e. The number of nitrogens with zero attached hydrogens (tertiary/aromatic N) is 2. The van der Waals surface area contributed by atoms with Crippen LogP contribution < -0.4 is 10.1 Å². The molecule has 0 bridgehead atoms. The van der Waals surface area contributed by atoms with Gasteiger partial charge >= 0.3 is 6.09 Å². The van der Waals surface area contributed by atoms with Crippen LogP contribution in [0, 0.1) is 0 Å². The molecule has 2 fully saturated rings. The lowest BCUT2D eigenvalue weighted by atomic mass is 10.0. The molecule has 3 aromatic rings. The number of aromatic amines is 1. The van der Waals surface area contributed by atoms with E-state index in [0.29, 0.717) is 50.2 Å². The molecule has 2 aliphatic rings. The summed E-state index contributed by atoms with van der Waals surface area (Å²) in [6.45, 7) is 5.84. The zero-order valence-corrected chi connectivity index (χ0v) is 23.4. The first kappa shape index (κ1) is 27.6. The molecule has 0 spiro atoms. The fraction of sp³-hybridized carbons (Fsp3) is 0.429. The number of halogens is 1. The predicted molar refractivity (Wildman–Crippen MR) is 153 cm³/mol. The number of carbonyl (C=O) groups excluding carboxylic acids is 2. The number of aromatic nitrogens is 1. The topological polar surface area (TPSA) is 96.1 Å². The van der Waals surface area contributed by atoms with Crippen molar-refractivity contribution in [2.75, 3.05) is 51.3 Å². The molecule has 5 rings (SSSR count). The van der Waals surface area contributed by atoms with Gasteiger partial charge in [-0.25, -0.2) is 9.10 Å². The van der Waals surface area contributed by atoms with E-state index in [1.807, 2.05) is 49.4 Å². The maximum atomic E-state index is 12.1. The molecule has 2 aromatic carbocycles. The number of aldehydes is 1. The van der Waals surface area contributed by atoms with E-state index in [2.05, 4.69) is 14.6 Å². The number of amides is 1. The Morgan fingerprint density at radius 2 is 2.03 bits per heavy atom. The van der Waals surface area contributed by atoms with Crippen molar-refractivity contribution in [1.29, 1.82) is 0 Å². The summed E-state index contributed by atoms with van der Waals surface area (Å²) in [5.74, 6) is 0.812. The van der Waals surface area contributed by atoms with E-state index in [1.165, 1.54) is 11.9 Å². The Bertz CT molecular complexity index is 1280. The quantitative estimate of drug-likeness (QED) is 0.258. The van der Waals surface area contributed by atoms with Gasteiger partial charge in [-0.15, -0.1) is 0 Å². The summed E-state index contributed by atoms with van der Waals surface area (Å²) < 4.78 is 19.2. The van der Waals surface area contributed by atoms with Gasteiger partial charge in [-0.05, 0) is 56.0 Å². The molecule has 11 heteroatoms. The lowest BCUT2D eigenvalue weighted by molar-refractivity contribution is -0.0224. The molecule has 39 heavy (non-hydrogen) atoms. The molecule has 0 saturated carbocycles. The Hall–Kier alpha value is -2.92. The fourth-order valence-electron chi connectivity index (χ4n) is 4.90. The molecule has 1 amide bonds. The van der Waals surface area contributed by atoms with Crippen LogP contribution >= 0.6 is 23.5 Å². The van der Waals surface area contributed by atoms with Crippen molar-refractivity contribution in [3.8, 4) is 5.75 Å². The molecule has 0 aliphatic carbocycles. The van der Waals surface area contributed by atoms with Crippen LogP contribution in [0.2, 0.25) is 5.02 Å². The number of H-pyrrole nitrogens is 1. The lowest BCUT2D eigenvalue weighted by Gasteiger charge is -2.32. The number of benzene rings is 2. The van der Waals surface area contributed by atoms with E-state index in [4.69, 9.17) is 25.8 Å². The van der Waals surface area contributed by atoms with Crippen molar-refractivity contribution in [2.24, 2.45) is 0 Å². The molecule has 208 valence electrons. The van der Waals surface area contributed by atoms with Crippen molar-refractivity contribution in [1.82, 2.24) is 14.2 Å². The summed E-state index contributed by atoms with van der Waals surface area (Å²) in [7, 11) is 0.